The van der Waals surface area contributed by atoms with Crippen LogP contribution in [0, 0.1) is 0 Å². The molecule has 0 aliphatic heterocycles. The van der Waals surface area contributed by atoms with E-state index in [1.807, 2.05) is 19.1 Å². The highest BCUT2D eigenvalue weighted by molar-refractivity contribution is 5.63. The number of ether oxygens (including phenoxy) is 2. The number of nitrogens with one attached hydrogen (secondary N) is 1. The zero-order chi connectivity index (χ0) is 14.4. The first-order valence-electron chi connectivity index (χ1n) is 6.37. The molecule has 0 aromatic carbocycles. The Morgan fingerprint density at radius 1 is 1.15 bits per heavy atom. The van der Waals surface area contributed by atoms with Crippen LogP contribution < -0.4 is 10.1 Å². The van der Waals surface area contributed by atoms with E-state index in [2.05, 4.69) is 20.3 Å². The van der Waals surface area contributed by atoms with Crippen LogP contribution >= 0.6 is 0 Å². The Balaban J connectivity index is 2.42. The van der Waals surface area contributed by atoms with Crippen molar-refractivity contribution < 1.29 is 9.47 Å². The topological polar surface area (TPSA) is 69.2 Å². The average molecular weight is 274 g/mol. The van der Waals surface area contributed by atoms with E-state index in [0.29, 0.717) is 18.2 Å². The number of methoxy groups -OCH3 is 2. The predicted octanol–water partition coefficient (Wildman–Crippen LogP) is 2.13. The van der Waals surface area contributed by atoms with Gasteiger partial charge in [-0.2, -0.15) is 0 Å². The first-order chi connectivity index (χ1) is 9.76. The monoisotopic (exact) mass is 274 g/mol. The summed E-state index contributed by atoms with van der Waals surface area (Å²) in [6.07, 6.45) is 3.41. The molecule has 0 radical (unpaired) electrons. The third-order valence-corrected chi connectivity index (χ3v) is 2.65. The highest BCUT2D eigenvalue weighted by atomic mass is 16.5. The molecule has 2 aromatic heterocycles. The Bertz CT molecular complexity index is 551. The fraction of sp³-hybridized carbons (Fsp3) is 0.357. The molecule has 0 aliphatic rings. The molecule has 0 unspecified atom stereocenters. The summed E-state index contributed by atoms with van der Waals surface area (Å²) in [4.78, 5) is 13.0. The summed E-state index contributed by atoms with van der Waals surface area (Å²) in [6.45, 7) is 3.17. The van der Waals surface area contributed by atoms with Gasteiger partial charge in [-0.05, 0) is 13.0 Å². The van der Waals surface area contributed by atoms with Gasteiger partial charge in [-0.1, -0.05) is 0 Å². The molecule has 0 spiro atoms. The lowest BCUT2D eigenvalue weighted by atomic mass is 10.2. The highest BCUT2D eigenvalue weighted by Crippen LogP contribution is 2.23. The molecule has 20 heavy (non-hydrogen) atoms. The van der Waals surface area contributed by atoms with Crippen molar-refractivity contribution >= 4 is 5.82 Å². The van der Waals surface area contributed by atoms with Gasteiger partial charge in [0.05, 0.1) is 19.0 Å². The maximum atomic E-state index is 5.19. The molecule has 0 saturated heterocycles. The van der Waals surface area contributed by atoms with Crippen LogP contribution in [0.5, 0.6) is 5.75 Å². The summed E-state index contributed by atoms with van der Waals surface area (Å²) in [5.74, 6) is 2.09. The van der Waals surface area contributed by atoms with E-state index in [9.17, 15) is 0 Å². The second-order valence-corrected chi connectivity index (χ2v) is 4.13. The van der Waals surface area contributed by atoms with Gasteiger partial charge in [-0.15, -0.1) is 0 Å². The van der Waals surface area contributed by atoms with Crippen molar-refractivity contribution in [1.29, 1.82) is 0 Å². The fourth-order valence-electron chi connectivity index (χ4n) is 1.78. The smallest absolute Gasteiger partial charge is 0.157 e. The maximum absolute atomic E-state index is 5.19. The molecule has 2 aromatic rings. The number of pyridine rings is 1. The van der Waals surface area contributed by atoms with Gasteiger partial charge in [0, 0.05) is 31.5 Å². The van der Waals surface area contributed by atoms with Crippen LogP contribution in [0.4, 0.5) is 5.82 Å². The Morgan fingerprint density at radius 3 is 2.70 bits per heavy atom. The molecule has 0 fully saturated rings. The van der Waals surface area contributed by atoms with Gasteiger partial charge in [-0.3, -0.25) is 4.98 Å². The Labute approximate surface area is 118 Å². The predicted molar refractivity (Wildman–Crippen MR) is 76.7 cm³/mol. The maximum Gasteiger partial charge on any atom is 0.157 e. The first kappa shape index (κ1) is 14.2. The zero-order valence-corrected chi connectivity index (χ0v) is 11.9. The number of rotatable bonds is 6. The minimum Gasteiger partial charge on any atom is -0.495 e. The van der Waals surface area contributed by atoms with Crippen molar-refractivity contribution in [3.8, 4) is 17.0 Å². The van der Waals surface area contributed by atoms with E-state index in [-0.39, 0.29) is 0 Å². The van der Waals surface area contributed by atoms with E-state index in [1.165, 1.54) is 0 Å². The molecule has 2 rings (SSSR count). The molecule has 0 amide bonds. The lowest BCUT2D eigenvalue weighted by Crippen LogP contribution is -2.05. The van der Waals surface area contributed by atoms with Crippen LogP contribution in [-0.4, -0.2) is 35.7 Å². The number of hydrogen-bond acceptors (Lipinski definition) is 6. The molecule has 0 bridgehead atoms. The lowest BCUT2D eigenvalue weighted by molar-refractivity contribution is 0.178. The van der Waals surface area contributed by atoms with E-state index < -0.39 is 0 Å². The molecular formula is C14H18N4O2. The van der Waals surface area contributed by atoms with Crippen LogP contribution in [0.1, 0.15) is 12.7 Å². The number of anilines is 1. The summed E-state index contributed by atoms with van der Waals surface area (Å²) in [5.41, 5.74) is 1.66. The van der Waals surface area contributed by atoms with Gasteiger partial charge in [0.2, 0.25) is 0 Å². The van der Waals surface area contributed by atoms with Gasteiger partial charge in [0.15, 0.2) is 5.82 Å². The second kappa shape index (κ2) is 6.81. The molecule has 2 heterocycles. The summed E-state index contributed by atoms with van der Waals surface area (Å²) in [5, 5.41) is 3.19. The van der Waals surface area contributed by atoms with Crippen LogP contribution in [-0.2, 0) is 11.3 Å². The third-order valence-electron chi connectivity index (χ3n) is 2.65. The molecule has 0 atom stereocenters. The van der Waals surface area contributed by atoms with Gasteiger partial charge in [-0.25, -0.2) is 9.97 Å². The largest absolute Gasteiger partial charge is 0.495 e. The van der Waals surface area contributed by atoms with Crippen molar-refractivity contribution in [3.05, 3.63) is 30.4 Å². The standard InChI is InChI=1S/C14H18N4O2/c1-4-16-13-6-12(17-14(18-13)9-19-2)10-5-11(20-3)8-15-7-10/h5-8H,4,9H2,1-3H3,(H,16,17,18). The molecule has 1 N–H and O–H groups in total. The van der Waals surface area contributed by atoms with Crippen molar-refractivity contribution in [3.63, 3.8) is 0 Å². The van der Waals surface area contributed by atoms with Gasteiger partial charge in [0.25, 0.3) is 0 Å². The Kier molecular flexibility index (Phi) is 4.84. The normalized spacial score (nSPS) is 10.3. The first-order valence-corrected chi connectivity index (χ1v) is 6.37. The molecule has 0 saturated carbocycles. The van der Waals surface area contributed by atoms with Crippen molar-refractivity contribution in [1.82, 2.24) is 15.0 Å². The Hall–Kier alpha value is -2.21. The van der Waals surface area contributed by atoms with Crippen molar-refractivity contribution in [2.45, 2.75) is 13.5 Å². The molecule has 6 heteroatoms. The van der Waals surface area contributed by atoms with E-state index in [1.54, 1.807) is 26.6 Å². The summed E-state index contributed by atoms with van der Waals surface area (Å²) < 4.78 is 10.3. The van der Waals surface area contributed by atoms with Gasteiger partial charge < -0.3 is 14.8 Å². The van der Waals surface area contributed by atoms with E-state index >= 15 is 0 Å². The lowest BCUT2D eigenvalue weighted by Gasteiger charge is -2.09. The van der Waals surface area contributed by atoms with E-state index in [0.717, 1.165) is 23.6 Å². The molecule has 106 valence electrons. The summed E-state index contributed by atoms with van der Waals surface area (Å²) in [6, 6.07) is 3.78. The zero-order valence-electron chi connectivity index (χ0n) is 11.9. The fourth-order valence-corrected chi connectivity index (χ4v) is 1.78. The summed E-state index contributed by atoms with van der Waals surface area (Å²) >= 11 is 0. The number of nitrogens with zero attached hydrogens (tertiary/aromatic N) is 3. The van der Waals surface area contributed by atoms with Gasteiger partial charge >= 0.3 is 0 Å². The van der Waals surface area contributed by atoms with Crippen LogP contribution in [0.15, 0.2) is 24.5 Å². The highest BCUT2D eigenvalue weighted by Gasteiger charge is 2.08. The molecular weight excluding hydrogens is 256 g/mol. The number of aromatic nitrogens is 3. The minimum absolute atomic E-state index is 0.365. The Morgan fingerprint density at radius 2 is 2.00 bits per heavy atom. The van der Waals surface area contributed by atoms with E-state index in [4.69, 9.17) is 9.47 Å². The molecule has 6 nitrogen and oxygen atoms in total. The summed E-state index contributed by atoms with van der Waals surface area (Å²) in [7, 11) is 3.23. The van der Waals surface area contributed by atoms with Crippen molar-refractivity contribution in [2.75, 3.05) is 26.1 Å². The third kappa shape index (κ3) is 3.42. The average Bonchev–Trinajstić information content (AvgIpc) is 2.48. The van der Waals surface area contributed by atoms with Crippen LogP contribution in [0.2, 0.25) is 0 Å². The second-order valence-electron chi connectivity index (χ2n) is 4.13. The van der Waals surface area contributed by atoms with Crippen LogP contribution in [0.25, 0.3) is 11.3 Å². The van der Waals surface area contributed by atoms with Gasteiger partial charge in [0.1, 0.15) is 18.2 Å². The molecule has 0 aliphatic carbocycles. The SMILES string of the molecule is CCNc1cc(-c2cncc(OC)c2)nc(COC)n1. The van der Waals surface area contributed by atoms with Crippen LogP contribution in [0.3, 0.4) is 0 Å². The number of hydrogen-bond donors (Lipinski definition) is 1. The minimum atomic E-state index is 0.365. The quantitative estimate of drug-likeness (QED) is 0.870. The van der Waals surface area contributed by atoms with Crippen molar-refractivity contribution in [2.24, 2.45) is 0 Å².